The van der Waals surface area contributed by atoms with Crippen LogP contribution in [0.4, 0.5) is 5.95 Å². The first-order chi connectivity index (χ1) is 14.1. The van der Waals surface area contributed by atoms with Gasteiger partial charge in [-0.05, 0) is 23.6 Å². The third kappa shape index (κ3) is 5.56. The minimum Gasteiger partial charge on any atom is -0.290 e. The van der Waals surface area contributed by atoms with Crippen LogP contribution in [-0.2, 0) is 0 Å². The van der Waals surface area contributed by atoms with Crippen molar-refractivity contribution < 1.29 is 0 Å². The second-order valence-electron chi connectivity index (χ2n) is 6.76. The number of H-pyrrole nitrogens is 1. The average molecular weight is 404 g/mol. The van der Waals surface area contributed by atoms with Gasteiger partial charge in [-0.3, -0.25) is 9.78 Å². The topological polar surface area (TPSA) is 93.9 Å². The number of thioether (sulfide) groups is 1. The van der Waals surface area contributed by atoms with Crippen LogP contribution in [0, 0.1) is 17.2 Å². The van der Waals surface area contributed by atoms with Gasteiger partial charge in [-0.2, -0.15) is 10.4 Å². The number of anilines is 1. The molecular weight excluding hydrogens is 382 g/mol. The lowest BCUT2D eigenvalue weighted by Crippen LogP contribution is -2.16. The molecule has 0 unspecified atom stereocenters. The number of aromatic nitrogens is 2. The highest BCUT2D eigenvalue weighted by molar-refractivity contribution is 7.99. The summed E-state index contributed by atoms with van der Waals surface area (Å²) in [4.78, 5) is 20.4. The molecule has 29 heavy (non-hydrogen) atoms. The smallest absolute Gasteiger partial charge is 0.270 e. The quantitative estimate of drug-likeness (QED) is 0.344. The monoisotopic (exact) mass is 403 g/mol. The van der Waals surface area contributed by atoms with Crippen LogP contribution in [0.5, 0.6) is 0 Å². The summed E-state index contributed by atoms with van der Waals surface area (Å²) in [5.41, 5.74) is 4.16. The van der Waals surface area contributed by atoms with Crippen LogP contribution in [0.3, 0.4) is 0 Å². The Morgan fingerprint density at radius 3 is 2.76 bits per heavy atom. The molecule has 2 aromatic carbocycles. The Morgan fingerprint density at radius 2 is 2.03 bits per heavy atom. The number of hydrogen-bond acceptors (Lipinski definition) is 6. The third-order valence-corrected chi connectivity index (χ3v) is 5.32. The molecule has 0 aliphatic carbocycles. The van der Waals surface area contributed by atoms with Crippen LogP contribution in [0.2, 0.25) is 0 Å². The van der Waals surface area contributed by atoms with Crippen LogP contribution in [0.25, 0.3) is 11.3 Å². The van der Waals surface area contributed by atoms with Crippen molar-refractivity contribution in [2.24, 2.45) is 11.0 Å². The Labute approximate surface area is 173 Å². The molecule has 146 valence electrons. The van der Waals surface area contributed by atoms with E-state index >= 15 is 0 Å². The van der Waals surface area contributed by atoms with Crippen molar-refractivity contribution in [3.05, 3.63) is 76.1 Å². The molecule has 0 aliphatic heterocycles. The van der Waals surface area contributed by atoms with E-state index in [1.165, 1.54) is 4.90 Å². The molecule has 2 N–H and O–H groups in total. The maximum atomic E-state index is 12.3. The first-order valence-electron chi connectivity index (χ1n) is 9.18. The summed E-state index contributed by atoms with van der Waals surface area (Å²) in [6.07, 6.45) is 1.67. The Morgan fingerprint density at radius 1 is 1.24 bits per heavy atom. The van der Waals surface area contributed by atoms with Crippen molar-refractivity contribution in [1.29, 1.82) is 5.26 Å². The summed E-state index contributed by atoms with van der Waals surface area (Å²) in [7, 11) is 0. The van der Waals surface area contributed by atoms with E-state index in [2.05, 4.69) is 46.5 Å². The fourth-order valence-electron chi connectivity index (χ4n) is 2.55. The van der Waals surface area contributed by atoms with Crippen LogP contribution >= 0.6 is 11.8 Å². The Bertz CT molecular complexity index is 1100. The van der Waals surface area contributed by atoms with Crippen molar-refractivity contribution in [1.82, 2.24) is 9.97 Å². The number of benzene rings is 2. The van der Waals surface area contributed by atoms with Gasteiger partial charge >= 0.3 is 0 Å². The van der Waals surface area contributed by atoms with Crippen molar-refractivity contribution >= 4 is 23.9 Å². The lowest BCUT2D eigenvalue weighted by atomic mass is 10.1. The van der Waals surface area contributed by atoms with Crippen LogP contribution < -0.4 is 11.0 Å². The summed E-state index contributed by atoms with van der Waals surface area (Å²) in [6, 6.07) is 19.1. The van der Waals surface area contributed by atoms with Crippen molar-refractivity contribution in [2.45, 2.75) is 18.7 Å². The SMILES string of the molecule is CC(C)CSc1cccc(C=NNc2nc(-c3ccccc3)c(C#N)c(=O)[nH]2)c1. The van der Waals surface area contributed by atoms with Crippen LogP contribution in [0.15, 0.2) is 69.4 Å². The molecule has 6 nitrogen and oxygen atoms in total. The first kappa shape index (κ1) is 20.4. The van der Waals surface area contributed by atoms with Gasteiger partial charge in [0.1, 0.15) is 11.6 Å². The van der Waals surface area contributed by atoms with E-state index in [1.54, 1.807) is 30.1 Å². The highest BCUT2D eigenvalue weighted by Crippen LogP contribution is 2.21. The van der Waals surface area contributed by atoms with E-state index in [4.69, 9.17) is 0 Å². The largest absolute Gasteiger partial charge is 0.290 e. The molecule has 1 heterocycles. The maximum Gasteiger partial charge on any atom is 0.270 e. The van der Waals surface area contributed by atoms with E-state index in [-0.39, 0.29) is 11.5 Å². The fourth-order valence-corrected chi connectivity index (χ4v) is 3.47. The second-order valence-corrected chi connectivity index (χ2v) is 7.86. The Hall–Kier alpha value is -3.37. The molecule has 3 rings (SSSR count). The summed E-state index contributed by atoms with van der Waals surface area (Å²) in [6.45, 7) is 4.38. The molecule has 0 atom stereocenters. The Balaban J connectivity index is 1.79. The number of hydrazone groups is 1. The maximum absolute atomic E-state index is 12.3. The van der Waals surface area contributed by atoms with E-state index < -0.39 is 5.56 Å². The number of rotatable bonds is 7. The highest BCUT2D eigenvalue weighted by atomic mass is 32.2. The van der Waals surface area contributed by atoms with Gasteiger partial charge in [0.25, 0.3) is 5.56 Å². The third-order valence-electron chi connectivity index (χ3n) is 3.90. The summed E-state index contributed by atoms with van der Waals surface area (Å²) < 4.78 is 0. The molecule has 0 fully saturated rings. The zero-order valence-corrected chi connectivity index (χ0v) is 17.0. The molecule has 0 bridgehead atoms. The minimum atomic E-state index is -0.508. The first-order valence-corrected chi connectivity index (χ1v) is 10.2. The van der Waals surface area contributed by atoms with Crippen LogP contribution in [0.1, 0.15) is 25.0 Å². The van der Waals surface area contributed by atoms with Gasteiger partial charge in [-0.15, -0.1) is 11.8 Å². The number of nitrogens with one attached hydrogen (secondary N) is 2. The van der Waals surface area contributed by atoms with E-state index in [1.807, 2.05) is 36.4 Å². The van der Waals surface area contributed by atoms with Gasteiger partial charge in [0.15, 0.2) is 0 Å². The number of nitrogens with zero attached hydrogens (tertiary/aromatic N) is 3. The van der Waals surface area contributed by atoms with Crippen molar-refractivity contribution in [2.75, 3.05) is 11.2 Å². The predicted molar refractivity (Wildman–Crippen MR) is 118 cm³/mol. The summed E-state index contributed by atoms with van der Waals surface area (Å²) in [5, 5.41) is 13.5. The molecule has 0 spiro atoms. The summed E-state index contributed by atoms with van der Waals surface area (Å²) in [5.74, 6) is 1.85. The standard InChI is InChI=1S/C22H21N5OS/c1-15(2)14-29-18-10-6-7-16(11-18)13-24-27-22-25-20(17-8-4-3-5-9-17)19(12-23)21(28)26-22/h3-11,13,15H,14H2,1-2H3,(H2,25,26,27,28). The lowest BCUT2D eigenvalue weighted by Gasteiger charge is -2.06. The zero-order valence-electron chi connectivity index (χ0n) is 16.2. The molecule has 0 saturated heterocycles. The Kier molecular flexibility index (Phi) is 6.82. The molecule has 0 amide bonds. The van der Waals surface area contributed by atoms with Crippen molar-refractivity contribution in [3.63, 3.8) is 0 Å². The fraction of sp³-hybridized carbons (Fsp3) is 0.182. The van der Waals surface area contributed by atoms with E-state index in [9.17, 15) is 10.1 Å². The van der Waals surface area contributed by atoms with Gasteiger partial charge in [0.2, 0.25) is 5.95 Å². The van der Waals surface area contributed by atoms with Crippen molar-refractivity contribution in [3.8, 4) is 17.3 Å². The number of aromatic amines is 1. The second kappa shape index (κ2) is 9.71. The number of nitriles is 1. The molecule has 0 radical (unpaired) electrons. The van der Waals surface area contributed by atoms with Gasteiger partial charge in [0, 0.05) is 16.2 Å². The molecule has 0 aliphatic rings. The van der Waals surface area contributed by atoms with Gasteiger partial charge in [0.05, 0.1) is 11.9 Å². The highest BCUT2D eigenvalue weighted by Gasteiger charge is 2.12. The van der Waals surface area contributed by atoms with Gasteiger partial charge in [-0.25, -0.2) is 10.4 Å². The predicted octanol–water partition coefficient (Wildman–Crippen LogP) is 4.50. The zero-order chi connectivity index (χ0) is 20.6. The molecule has 7 heteroatoms. The summed E-state index contributed by atoms with van der Waals surface area (Å²) >= 11 is 1.81. The van der Waals surface area contributed by atoms with Gasteiger partial charge in [-0.1, -0.05) is 56.3 Å². The molecule has 3 aromatic rings. The van der Waals surface area contributed by atoms with Crippen LogP contribution in [-0.4, -0.2) is 21.9 Å². The normalized spacial score (nSPS) is 11.0. The van der Waals surface area contributed by atoms with Gasteiger partial charge < -0.3 is 0 Å². The molecular formula is C22H21N5OS. The van der Waals surface area contributed by atoms with E-state index in [0.29, 0.717) is 17.2 Å². The number of hydrogen-bond donors (Lipinski definition) is 2. The minimum absolute atomic E-state index is 0.0272. The lowest BCUT2D eigenvalue weighted by molar-refractivity contribution is 0.750. The van der Waals surface area contributed by atoms with E-state index in [0.717, 1.165) is 11.3 Å². The average Bonchev–Trinajstić information content (AvgIpc) is 2.73. The molecule has 0 saturated carbocycles. The molecule has 1 aromatic heterocycles.